The second-order valence-electron chi connectivity index (χ2n) is 3.88. The molecule has 0 spiro atoms. The summed E-state index contributed by atoms with van der Waals surface area (Å²) in [6.07, 6.45) is 1.12. The van der Waals surface area contributed by atoms with Crippen molar-refractivity contribution in [2.75, 3.05) is 13.1 Å². The molecule has 1 atom stereocenters. The molecule has 0 amide bonds. The molecule has 1 saturated heterocycles. The van der Waals surface area contributed by atoms with Gasteiger partial charge in [0.25, 0.3) is 0 Å². The highest BCUT2D eigenvalue weighted by Gasteiger charge is 2.26. The lowest BCUT2D eigenvalue weighted by Crippen LogP contribution is -2.51. The Labute approximate surface area is 93.8 Å². The van der Waals surface area contributed by atoms with E-state index in [1.807, 2.05) is 0 Å². The van der Waals surface area contributed by atoms with E-state index in [0.29, 0.717) is 29.7 Å². The lowest BCUT2D eigenvalue weighted by molar-refractivity contribution is 0.0869. The van der Waals surface area contributed by atoms with Crippen LogP contribution in [0.2, 0.25) is 5.02 Å². The maximum absolute atomic E-state index is 13.5. The van der Waals surface area contributed by atoms with Crippen molar-refractivity contribution in [2.45, 2.75) is 19.0 Å². The van der Waals surface area contributed by atoms with Gasteiger partial charge in [-0.05, 0) is 18.6 Å². The Morgan fingerprint density at radius 3 is 2.87 bits per heavy atom. The third-order valence-corrected chi connectivity index (χ3v) is 3.16. The molecule has 0 aromatic heterocycles. The molecule has 0 saturated carbocycles. The van der Waals surface area contributed by atoms with Crippen molar-refractivity contribution in [2.24, 2.45) is 5.73 Å². The molecule has 1 aromatic carbocycles. The first-order valence-corrected chi connectivity index (χ1v) is 5.46. The predicted octanol–water partition coefficient (Wildman–Crippen LogP) is 2.01. The van der Waals surface area contributed by atoms with Crippen LogP contribution in [0.15, 0.2) is 18.2 Å². The Hall–Kier alpha value is -0.640. The highest BCUT2D eigenvalue weighted by atomic mass is 35.5. The van der Waals surface area contributed by atoms with Crippen molar-refractivity contribution >= 4 is 11.6 Å². The molecule has 15 heavy (non-hydrogen) atoms. The number of hydrogen-bond donors (Lipinski definition) is 1. The van der Waals surface area contributed by atoms with Crippen molar-refractivity contribution in [3.8, 4) is 0 Å². The van der Waals surface area contributed by atoms with Gasteiger partial charge in [0.15, 0.2) is 0 Å². The van der Waals surface area contributed by atoms with E-state index in [2.05, 4.69) is 4.90 Å². The van der Waals surface area contributed by atoms with Crippen LogP contribution in [0.1, 0.15) is 12.0 Å². The number of benzene rings is 1. The quantitative estimate of drug-likeness (QED) is 0.858. The Bertz CT molecular complexity index is 354. The lowest BCUT2D eigenvalue weighted by Gasteiger charge is -2.40. The number of rotatable bonds is 3. The van der Waals surface area contributed by atoms with E-state index in [4.69, 9.17) is 17.3 Å². The van der Waals surface area contributed by atoms with E-state index in [1.54, 1.807) is 12.1 Å². The average Bonchev–Trinajstić information content (AvgIpc) is 2.15. The number of nitrogens with zero attached hydrogens (tertiary/aromatic N) is 1. The number of halogens is 2. The molecule has 1 aliphatic heterocycles. The molecule has 1 unspecified atom stereocenters. The van der Waals surface area contributed by atoms with Gasteiger partial charge in [-0.3, -0.25) is 4.90 Å². The van der Waals surface area contributed by atoms with E-state index in [-0.39, 0.29) is 5.82 Å². The SMILES string of the molecule is NCC1CCN1Cc1ccc(Cl)cc1F. The standard InChI is InChI=1S/C11H14ClFN2/c12-9-2-1-8(11(13)5-9)7-15-4-3-10(15)6-14/h1-2,5,10H,3-4,6-7,14H2. The zero-order valence-corrected chi connectivity index (χ0v) is 9.17. The second-order valence-corrected chi connectivity index (χ2v) is 4.32. The van der Waals surface area contributed by atoms with E-state index >= 15 is 0 Å². The summed E-state index contributed by atoms with van der Waals surface area (Å²) in [4.78, 5) is 2.19. The largest absolute Gasteiger partial charge is 0.329 e. The van der Waals surface area contributed by atoms with Crippen LogP contribution in [0.3, 0.4) is 0 Å². The smallest absolute Gasteiger partial charge is 0.129 e. The summed E-state index contributed by atoms with van der Waals surface area (Å²) in [6.45, 7) is 2.28. The molecule has 2 nitrogen and oxygen atoms in total. The number of likely N-dealkylation sites (tertiary alicyclic amines) is 1. The predicted molar refractivity (Wildman–Crippen MR) is 59.3 cm³/mol. The molecule has 0 aliphatic carbocycles. The van der Waals surface area contributed by atoms with Gasteiger partial charge in [-0.1, -0.05) is 17.7 Å². The minimum absolute atomic E-state index is 0.231. The second kappa shape index (κ2) is 4.47. The minimum atomic E-state index is -0.231. The minimum Gasteiger partial charge on any atom is -0.329 e. The van der Waals surface area contributed by atoms with Crippen molar-refractivity contribution < 1.29 is 4.39 Å². The maximum atomic E-state index is 13.5. The molecule has 1 aliphatic rings. The summed E-state index contributed by atoms with van der Waals surface area (Å²) in [5, 5.41) is 0.440. The fraction of sp³-hybridized carbons (Fsp3) is 0.455. The van der Waals surface area contributed by atoms with Gasteiger partial charge in [-0.2, -0.15) is 0 Å². The van der Waals surface area contributed by atoms with Crippen molar-refractivity contribution in [3.63, 3.8) is 0 Å². The average molecular weight is 229 g/mol. The van der Waals surface area contributed by atoms with Gasteiger partial charge in [0.1, 0.15) is 5.82 Å². The Balaban J connectivity index is 2.04. The van der Waals surface area contributed by atoms with Gasteiger partial charge in [0.05, 0.1) is 0 Å². The van der Waals surface area contributed by atoms with Crippen LogP contribution in [0.4, 0.5) is 4.39 Å². The number of hydrogen-bond acceptors (Lipinski definition) is 2. The fourth-order valence-electron chi connectivity index (χ4n) is 1.84. The molecular formula is C11H14ClFN2. The van der Waals surface area contributed by atoms with Crippen molar-refractivity contribution in [3.05, 3.63) is 34.6 Å². The molecule has 1 fully saturated rings. The van der Waals surface area contributed by atoms with E-state index in [1.165, 1.54) is 6.07 Å². The molecule has 0 radical (unpaired) electrons. The Kier molecular flexibility index (Phi) is 3.24. The maximum Gasteiger partial charge on any atom is 0.129 e. The van der Waals surface area contributed by atoms with Crippen LogP contribution in [0.5, 0.6) is 0 Å². The molecule has 82 valence electrons. The monoisotopic (exact) mass is 228 g/mol. The molecular weight excluding hydrogens is 215 g/mol. The van der Waals surface area contributed by atoms with Crippen LogP contribution in [-0.4, -0.2) is 24.0 Å². The highest BCUT2D eigenvalue weighted by Crippen LogP contribution is 2.22. The van der Waals surface area contributed by atoms with Gasteiger partial charge in [-0.15, -0.1) is 0 Å². The van der Waals surface area contributed by atoms with Gasteiger partial charge in [0, 0.05) is 36.3 Å². The van der Waals surface area contributed by atoms with Gasteiger partial charge in [-0.25, -0.2) is 4.39 Å². The van der Waals surface area contributed by atoms with Crippen LogP contribution in [0.25, 0.3) is 0 Å². The van der Waals surface area contributed by atoms with E-state index < -0.39 is 0 Å². The van der Waals surface area contributed by atoms with E-state index in [0.717, 1.165) is 13.0 Å². The first-order chi connectivity index (χ1) is 7.20. The van der Waals surface area contributed by atoms with Crippen LogP contribution in [0, 0.1) is 5.82 Å². The topological polar surface area (TPSA) is 29.3 Å². The lowest BCUT2D eigenvalue weighted by atomic mass is 10.0. The molecule has 1 heterocycles. The molecule has 4 heteroatoms. The van der Waals surface area contributed by atoms with E-state index in [9.17, 15) is 4.39 Å². The highest BCUT2D eigenvalue weighted by molar-refractivity contribution is 6.30. The third kappa shape index (κ3) is 2.30. The van der Waals surface area contributed by atoms with Crippen LogP contribution < -0.4 is 5.73 Å². The molecule has 2 N–H and O–H groups in total. The summed E-state index contributed by atoms with van der Waals surface area (Å²) in [6, 6.07) is 5.23. The zero-order chi connectivity index (χ0) is 10.8. The van der Waals surface area contributed by atoms with Crippen LogP contribution in [-0.2, 0) is 6.54 Å². The summed E-state index contributed by atoms with van der Waals surface area (Å²) >= 11 is 5.68. The summed E-state index contributed by atoms with van der Waals surface area (Å²) in [5.41, 5.74) is 6.28. The summed E-state index contributed by atoms with van der Waals surface area (Å²) in [7, 11) is 0. The van der Waals surface area contributed by atoms with Gasteiger partial charge >= 0.3 is 0 Å². The number of nitrogens with two attached hydrogens (primary N) is 1. The summed E-state index contributed by atoms with van der Waals surface area (Å²) in [5.74, 6) is -0.231. The third-order valence-electron chi connectivity index (χ3n) is 2.93. The first-order valence-electron chi connectivity index (χ1n) is 5.08. The fourth-order valence-corrected chi connectivity index (χ4v) is 2.00. The Morgan fingerprint density at radius 1 is 1.53 bits per heavy atom. The molecule has 2 rings (SSSR count). The normalized spacial score (nSPS) is 21.4. The molecule has 0 bridgehead atoms. The van der Waals surface area contributed by atoms with Crippen molar-refractivity contribution in [1.82, 2.24) is 4.90 Å². The van der Waals surface area contributed by atoms with Gasteiger partial charge in [0.2, 0.25) is 0 Å². The zero-order valence-electron chi connectivity index (χ0n) is 8.42. The first kappa shape index (κ1) is 10.9. The van der Waals surface area contributed by atoms with Crippen molar-refractivity contribution in [1.29, 1.82) is 0 Å². The summed E-state index contributed by atoms with van der Waals surface area (Å²) < 4.78 is 13.5. The van der Waals surface area contributed by atoms with Crippen LogP contribution >= 0.6 is 11.6 Å². The molecule has 1 aromatic rings. The Morgan fingerprint density at radius 2 is 2.33 bits per heavy atom. The van der Waals surface area contributed by atoms with Gasteiger partial charge < -0.3 is 5.73 Å².